The number of nitrogens with one attached hydrogen (secondary N) is 2. The van der Waals surface area contributed by atoms with Crippen LogP contribution < -0.4 is 10.6 Å². The quantitative estimate of drug-likeness (QED) is 0.452. The second-order valence-corrected chi connectivity index (χ2v) is 10.3. The van der Waals surface area contributed by atoms with Crippen molar-refractivity contribution in [2.75, 3.05) is 11.1 Å². The highest BCUT2D eigenvalue weighted by molar-refractivity contribution is 8.00. The Kier molecular flexibility index (Phi) is 7.41. The summed E-state index contributed by atoms with van der Waals surface area (Å²) >= 11 is 1.56. The molecule has 0 bridgehead atoms. The highest BCUT2D eigenvalue weighted by Crippen LogP contribution is 2.39. The molecule has 2 aromatic carbocycles. The highest BCUT2D eigenvalue weighted by Gasteiger charge is 2.33. The fourth-order valence-corrected chi connectivity index (χ4v) is 5.95. The maximum absolute atomic E-state index is 13.0. The van der Waals surface area contributed by atoms with Crippen molar-refractivity contribution in [3.05, 3.63) is 89.4 Å². The monoisotopic (exact) mass is 503 g/mol. The van der Waals surface area contributed by atoms with Gasteiger partial charge in [0.1, 0.15) is 11.1 Å². The number of furan rings is 1. The lowest BCUT2D eigenvalue weighted by Gasteiger charge is -2.23. The fourth-order valence-electron chi connectivity index (χ4n) is 4.77. The minimum Gasteiger partial charge on any atom is -0.467 e. The summed E-state index contributed by atoms with van der Waals surface area (Å²) in [7, 11) is 0. The zero-order valence-corrected chi connectivity index (χ0v) is 20.8. The molecule has 0 unspecified atom stereocenters. The van der Waals surface area contributed by atoms with Crippen molar-refractivity contribution in [3.8, 4) is 0 Å². The Bertz CT molecular complexity index is 1220. The van der Waals surface area contributed by atoms with Gasteiger partial charge in [-0.25, -0.2) is 0 Å². The Hall–Kier alpha value is -3.52. The van der Waals surface area contributed by atoms with Gasteiger partial charge in [-0.15, -0.1) is 11.8 Å². The molecular formula is C28H29N3O4S. The molecule has 2 heterocycles. The van der Waals surface area contributed by atoms with Crippen LogP contribution in [0, 0.1) is 0 Å². The summed E-state index contributed by atoms with van der Waals surface area (Å²) in [6.45, 7) is 0.408. The van der Waals surface area contributed by atoms with Crippen LogP contribution in [-0.2, 0) is 11.3 Å². The van der Waals surface area contributed by atoms with Gasteiger partial charge in [-0.05, 0) is 54.8 Å². The molecule has 0 radical (unpaired) electrons. The molecule has 8 heteroatoms. The first-order chi connectivity index (χ1) is 17.6. The van der Waals surface area contributed by atoms with E-state index in [4.69, 9.17) is 4.42 Å². The normalized spacial score (nSPS) is 18.3. The molecule has 1 atom stereocenters. The van der Waals surface area contributed by atoms with E-state index in [1.165, 1.54) is 6.42 Å². The van der Waals surface area contributed by atoms with Crippen LogP contribution in [0.5, 0.6) is 0 Å². The molecule has 36 heavy (non-hydrogen) atoms. The number of carbonyl (C=O) groups excluding carboxylic acids is 3. The van der Waals surface area contributed by atoms with Gasteiger partial charge in [0.05, 0.1) is 29.8 Å². The van der Waals surface area contributed by atoms with E-state index in [9.17, 15) is 14.4 Å². The molecule has 2 fully saturated rings. The zero-order chi connectivity index (χ0) is 24.9. The van der Waals surface area contributed by atoms with Crippen molar-refractivity contribution in [2.45, 2.75) is 50.1 Å². The molecule has 1 saturated heterocycles. The Morgan fingerprint density at radius 1 is 0.944 bits per heavy atom. The first-order valence-corrected chi connectivity index (χ1v) is 13.4. The van der Waals surface area contributed by atoms with E-state index in [0.29, 0.717) is 29.1 Å². The summed E-state index contributed by atoms with van der Waals surface area (Å²) in [6, 6.07) is 18.2. The van der Waals surface area contributed by atoms with E-state index in [1.807, 2.05) is 24.3 Å². The largest absolute Gasteiger partial charge is 0.467 e. The lowest BCUT2D eigenvalue weighted by molar-refractivity contribution is -0.128. The molecule has 3 amide bonds. The van der Waals surface area contributed by atoms with Crippen LogP contribution >= 0.6 is 11.8 Å². The molecule has 2 aliphatic rings. The van der Waals surface area contributed by atoms with E-state index >= 15 is 0 Å². The number of carbonyl (C=O) groups is 3. The topological polar surface area (TPSA) is 91.7 Å². The third-order valence-corrected chi connectivity index (χ3v) is 7.95. The molecule has 1 aromatic heterocycles. The maximum Gasteiger partial charge on any atom is 0.255 e. The second-order valence-electron chi connectivity index (χ2n) is 9.19. The number of benzene rings is 2. The molecule has 2 N–H and O–H groups in total. The lowest BCUT2D eigenvalue weighted by Crippen LogP contribution is -2.36. The lowest BCUT2D eigenvalue weighted by atomic mass is 9.95. The number of para-hydroxylation sites is 1. The van der Waals surface area contributed by atoms with Crippen LogP contribution in [0.1, 0.15) is 69.5 Å². The van der Waals surface area contributed by atoms with Gasteiger partial charge in [0.2, 0.25) is 5.91 Å². The molecule has 1 aliphatic heterocycles. The van der Waals surface area contributed by atoms with Crippen LogP contribution in [0.15, 0.2) is 71.3 Å². The fraction of sp³-hybridized carbons (Fsp3) is 0.321. The summed E-state index contributed by atoms with van der Waals surface area (Å²) < 4.78 is 5.42. The molecule has 186 valence electrons. The van der Waals surface area contributed by atoms with Gasteiger partial charge in [0.25, 0.3) is 11.8 Å². The van der Waals surface area contributed by atoms with Crippen molar-refractivity contribution >= 4 is 35.2 Å². The van der Waals surface area contributed by atoms with Crippen molar-refractivity contribution in [1.82, 2.24) is 10.2 Å². The highest BCUT2D eigenvalue weighted by atomic mass is 32.2. The minimum absolute atomic E-state index is 0.0614. The average molecular weight is 504 g/mol. The third kappa shape index (κ3) is 5.49. The summed E-state index contributed by atoms with van der Waals surface area (Å²) in [6.07, 6.45) is 7.08. The summed E-state index contributed by atoms with van der Waals surface area (Å²) in [5, 5.41) is 5.88. The van der Waals surface area contributed by atoms with Gasteiger partial charge < -0.3 is 20.0 Å². The molecule has 1 saturated carbocycles. The smallest absolute Gasteiger partial charge is 0.255 e. The number of hydrogen-bond donors (Lipinski definition) is 2. The Balaban J connectivity index is 1.26. The predicted octanol–water partition coefficient (Wildman–Crippen LogP) is 5.37. The SMILES string of the molecule is O=C(Nc1ccccc1C(=O)NC1CCCCC1)c1ccc([C@H]2SCC(=O)N2Cc2ccco2)cc1. The van der Waals surface area contributed by atoms with Gasteiger partial charge in [0, 0.05) is 11.6 Å². The van der Waals surface area contributed by atoms with E-state index in [2.05, 4.69) is 10.6 Å². The molecule has 7 nitrogen and oxygen atoms in total. The van der Waals surface area contributed by atoms with Crippen LogP contribution in [-0.4, -0.2) is 34.4 Å². The number of nitrogens with zero attached hydrogens (tertiary/aromatic N) is 1. The van der Waals surface area contributed by atoms with E-state index in [0.717, 1.165) is 37.0 Å². The standard InChI is InChI=1S/C28H29N3O4S/c32-25-18-36-28(31(25)17-22-9-6-16-35-22)20-14-12-19(13-15-20)26(33)30-24-11-5-4-10-23(24)27(34)29-21-7-2-1-3-8-21/h4-6,9-16,21,28H,1-3,7-8,17-18H2,(H,29,34)(H,30,33)/t28-/m1/s1. The van der Waals surface area contributed by atoms with Crippen LogP contribution in [0.2, 0.25) is 0 Å². The van der Waals surface area contributed by atoms with Crippen molar-refractivity contribution in [1.29, 1.82) is 0 Å². The van der Waals surface area contributed by atoms with E-state index < -0.39 is 0 Å². The van der Waals surface area contributed by atoms with E-state index in [-0.39, 0.29) is 29.1 Å². The van der Waals surface area contributed by atoms with Gasteiger partial charge in [-0.1, -0.05) is 43.5 Å². The average Bonchev–Trinajstić information content (AvgIpc) is 3.55. The van der Waals surface area contributed by atoms with Crippen LogP contribution in [0.3, 0.4) is 0 Å². The minimum atomic E-state index is -0.290. The zero-order valence-electron chi connectivity index (χ0n) is 19.9. The molecule has 3 aromatic rings. The van der Waals surface area contributed by atoms with Crippen molar-refractivity contribution in [2.24, 2.45) is 0 Å². The number of anilines is 1. The number of hydrogen-bond acceptors (Lipinski definition) is 5. The van der Waals surface area contributed by atoms with Gasteiger partial charge >= 0.3 is 0 Å². The Labute approximate surface area is 214 Å². The Morgan fingerprint density at radius 2 is 1.72 bits per heavy atom. The first-order valence-electron chi connectivity index (χ1n) is 12.3. The molecule has 0 spiro atoms. The number of amides is 3. The maximum atomic E-state index is 13.0. The summed E-state index contributed by atoms with van der Waals surface area (Å²) in [5.74, 6) is 0.756. The molecular weight excluding hydrogens is 474 g/mol. The van der Waals surface area contributed by atoms with Crippen molar-refractivity contribution < 1.29 is 18.8 Å². The molecule has 1 aliphatic carbocycles. The van der Waals surface area contributed by atoms with Crippen LogP contribution in [0.4, 0.5) is 5.69 Å². The second kappa shape index (κ2) is 11.0. The Morgan fingerprint density at radius 3 is 2.47 bits per heavy atom. The van der Waals surface area contributed by atoms with Crippen molar-refractivity contribution in [3.63, 3.8) is 0 Å². The van der Waals surface area contributed by atoms with Gasteiger partial charge in [-0.2, -0.15) is 0 Å². The number of rotatable bonds is 7. The van der Waals surface area contributed by atoms with Gasteiger partial charge in [0.15, 0.2) is 0 Å². The third-order valence-electron chi connectivity index (χ3n) is 6.69. The van der Waals surface area contributed by atoms with E-state index in [1.54, 1.807) is 59.3 Å². The molecule has 5 rings (SSSR count). The number of thioether (sulfide) groups is 1. The van der Waals surface area contributed by atoms with Crippen LogP contribution in [0.25, 0.3) is 0 Å². The predicted molar refractivity (Wildman–Crippen MR) is 140 cm³/mol. The first kappa shape index (κ1) is 24.2. The summed E-state index contributed by atoms with van der Waals surface area (Å²) in [4.78, 5) is 40.2. The summed E-state index contributed by atoms with van der Waals surface area (Å²) in [5.41, 5.74) is 2.37. The van der Waals surface area contributed by atoms with Gasteiger partial charge in [-0.3, -0.25) is 14.4 Å².